The van der Waals surface area contributed by atoms with Crippen LogP contribution in [0.3, 0.4) is 0 Å². The molecule has 0 bridgehead atoms. The zero-order chi connectivity index (χ0) is 14.8. The van der Waals surface area contributed by atoms with Gasteiger partial charge in [-0.3, -0.25) is 0 Å². The van der Waals surface area contributed by atoms with Crippen molar-refractivity contribution in [2.75, 3.05) is 0 Å². The molecule has 21 heavy (non-hydrogen) atoms. The van der Waals surface area contributed by atoms with Gasteiger partial charge >= 0.3 is 58.4 Å². The Morgan fingerprint density at radius 1 is 1.14 bits per heavy atom. The van der Waals surface area contributed by atoms with Crippen molar-refractivity contribution in [1.29, 1.82) is 0 Å². The van der Waals surface area contributed by atoms with Crippen molar-refractivity contribution in [3.05, 3.63) is 23.8 Å². The second-order valence-electron chi connectivity index (χ2n) is 5.76. The van der Waals surface area contributed by atoms with E-state index in [2.05, 4.69) is 6.92 Å². The fraction of sp³-hybridized carbons (Fsp3) is 0.600. The molecule has 0 aliphatic heterocycles. The van der Waals surface area contributed by atoms with Gasteiger partial charge in [0.25, 0.3) is 0 Å². The molecular formula is C15H21BF3KO. The maximum absolute atomic E-state index is 12.7. The molecule has 1 fully saturated rings. The van der Waals surface area contributed by atoms with E-state index in [1.54, 1.807) is 0 Å². The van der Waals surface area contributed by atoms with Crippen molar-refractivity contribution in [2.24, 2.45) is 5.92 Å². The minimum Gasteiger partial charge on any atom is -0.490 e. The zero-order valence-corrected chi connectivity index (χ0v) is 16.2. The van der Waals surface area contributed by atoms with E-state index in [4.69, 9.17) is 4.74 Å². The number of hydrogen-bond acceptors (Lipinski definition) is 1. The summed E-state index contributed by atoms with van der Waals surface area (Å²) in [7, 11) is 0. The van der Waals surface area contributed by atoms with E-state index in [-0.39, 0.29) is 63.1 Å². The molecule has 1 aromatic rings. The Labute approximate surface area is 167 Å². The summed E-state index contributed by atoms with van der Waals surface area (Å²) in [4.78, 5) is 0. The molecule has 0 radical (unpaired) electrons. The van der Waals surface area contributed by atoms with E-state index in [0.29, 0.717) is 5.75 Å². The fourth-order valence-electron chi connectivity index (χ4n) is 2.94. The first-order chi connectivity index (χ1) is 9.40. The Bertz CT molecular complexity index is 457. The van der Waals surface area contributed by atoms with Gasteiger partial charge in [-0.15, -0.1) is 5.46 Å². The second kappa shape index (κ2) is 8.39. The number of benzene rings is 1. The van der Waals surface area contributed by atoms with Gasteiger partial charge in [-0.2, -0.15) is 0 Å². The summed E-state index contributed by atoms with van der Waals surface area (Å²) >= 11 is 0. The third kappa shape index (κ3) is 5.57. The summed E-state index contributed by atoms with van der Waals surface area (Å²) in [5.41, 5.74) is -0.274. The molecule has 0 N–H and O–H groups in total. The average Bonchev–Trinajstić information content (AvgIpc) is 2.38. The predicted octanol–water partition coefficient (Wildman–Crippen LogP) is 1.40. The first-order valence-corrected chi connectivity index (χ1v) is 7.37. The number of ether oxygens (including phenoxy) is 1. The molecule has 0 heterocycles. The molecule has 0 atom stereocenters. The van der Waals surface area contributed by atoms with E-state index < -0.39 is 12.4 Å². The van der Waals surface area contributed by atoms with Crippen LogP contribution in [-0.2, 0) is 0 Å². The first kappa shape index (κ1) is 19.6. The van der Waals surface area contributed by atoms with Gasteiger partial charge in [-0.05, 0) is 50.7 Å². The second-order valence-corrected chi connectivity index (χ2v) is 5.76. The maximum atomic E-state index is 12.7. The molecule has 112 valence electrons. The van der Waals surface area contributed by atoms with Crippen molar-refractivity contribution in [2.45, 2.75) is 52.1 Å². The SMILES string of the molecule is CCC1CCC(Oc2ccc([B-](F)(F)F)c(C)c2)CC1.[K+]. The van der Waals surface area contributed by atoms with Gasteiger partial charge < -0.3 is 17.7 Å². The summed E-state index contributed by atoms with van der Waals surface area (Å²) in [5.74, 6) is 1.35. The normalized spacial score (nSPS) is 22.5. The molecule has 1 aliphatic rings. The summed E-state index contributed by atoms with van der Waals surface area (Å²) in [6.45, 7) is -1.24. The quantitative estimate of drug-likeness (QED) is 0.761. The Kier molecular flexibility index (Phi) is 7.81. The van der Waals surface area contributed by atoms with Gasteiger partial charge in [0, 0.05) is 0 Å². The Hall–Kier alpha value is 0.511. The Balaban J connectivity index is 0.00000220. The molecule has 0 saturated heterocycles. The molecule has 1 aromatic carbocycles. The van der Waals surface area contributed by atoms with Crippen molar-refractivity contribution >= 4 is 12.4 Å². The van der Waals surface area contributed by atoms with Crippen molar-refractivity contribution in [1.82, 2.24) is 0 Å². The van der Waals surface area contributed by atoms with Gasteiger partial charge in [0.15, 0.2) is 0 Å². The van der Waals surface area contributed by atoms with Gasteiger partial charge in [0.1, 0.15) is 5.75 Å². The molecule has 0 aromatic heterocycles. The molecular weight excluding hydrogens is 303 g/mol. The van der Waals surface area contributed by atoms with Crippen LogP contribution in [0.2, 0.25) is 0 Å². The first-order valence-electron chi connectivity index (χ1n) is 7.37. The van der Waals surface area contributed by atoms with Crippen LogP contribution in [-0.4, -0.2) is 13.1 Å². The van der Waals surface area contributed by atoms with Crippen LogP contribution in [0, 0.1) is 12.8 Å². The van der Waals surface area contributed by atoms with Crippen LogP contribution in [0.25, 0.3) is 0 Å². The number of hydrogen-bond donors (Lipinski definition) is 0. The summed E-state index contributed by atoms with van der Waals surface area (Å²) in [6, 6.07) is 4.10. The van der Waals surface area contributed by atoms with E-state index in [9.17, 15) is 12.9 Å². The van der Waals surface area contributed by atoms with Crippen LogP contribution in [0.5, 0.6) is 5.75 Å². The molecule has 1 saturated carbocycles. The molecule has 1 nitrogen and oxygen atoms in total. The van der Waals surface area contributed by atoms with Crippen LogP contribution < -0.4 is 61.6 Å². The molecule has 0 unspecified atom stereocenters. The van der Waals surface area contributed by atoms with Crippen molar-refractivity contribution in [3.8, 4) is 5.75 Å². The van der Waals surface area contributed by atoms with Gasteiger partial charge in [0.2, 0.25) is 0 Å². The molecule has 0 spiro atoms. The van der Waals surface area contributed by atoms with Crippen LogP contribution in [0.4, 0.5) is 12.9 Å². The largest absolute Gasteiger partial charge is 1.00 e. The van der Waals surface area contributed by atoms with Gasteiger partial charge in [-0.1, -0.05) is 25.0 Å². The van der Waals surface area contributed by atoms with E-state index in [1.165, 1.54) is 25.5 Å². The van der Waals surface area contributed by atoms with Crippen molar-refractivity contribution in [3.63, 3.8) is 0 Å². The minimum absolute atomic E-state index is 0. The van der Waals surface area contributed by atoms with Crippen LogP contribution in [0.15, 0.2) is 18.2 Å². The van der Waals surface area contributed by atoms with E-state index in [0.717, 1.165) is 37.7 Å². The maximum Gasteiger partial charge on any atom is 1.00 e. The molecule has 0 amide bonds. The smallest absolute Gasteiger partial charge is 0.490 e. The summed E-state index contributed by atoms with van der Waals surface area (Å²) in [5, 5.41) is 0. The Morgan fingerprint density at radius 3 is 2.24 bits per heavy atom. The van der Waals surface area contributed by atoms with Crippen LogP contribution in [0.1, 0.15) is 44.6 Å². The van der Waals surface area contributed by atoms with Gasteiger partial charge in [-0.25, -0.2) is 0 Å². The van der Waals surface area contributed by atoms with Gasteiger partial charge in [0.05, 0.1) is 6.10 Å². The molecule has 2 rings (SSSR count). The third-order valence-corrected chi connectivity index (χ3v) is 4.27. The zero-order valence-electron chi connectivity index (χ0n) is 13.0. The number of aryl methyl sites for hydroxylation is 1. The number of halogens is 3. The standard InChI is InChI=1S/C15H21BF3O.K/c1-3-12-4-6-13(7-5-12)20-14-8-9-15(11(2)10-14)16(17,18)19;/h8-10,12-13H,3-7H2,1-2H3;/q-1;+1. The summed E-state index contributed by atoms with van der Waals surface area (Å²) < 4.78 is 44.1. The molecule has 1 aliphatic carbocycles. The third-order valence-electron chi connectivity index (χ3n) is 4.27. The predicted molar refractivity (Wildman–Crippen MR) is 76.6 cm³/mol. The number of rotatable bonds is 4. The van der Waals surface area contributed by atoms with Crippen molar-refractivity contribution < 1.29 is 69.1 Å². The topological polar surface area (TPSA) is 9.23 Å². The Morgan fingerprint density at radius 2 is 1.76 bits per heavy atom. The monoisotopic (exact) mass is 324 g/mol. The minimum atomic E-state index is -4.93. The summed E-state index contributed by atoms with van der Waals surface area (Å²) in [6.07, 6.45) is 5.67. The molecule has 6 heteroatoms. The average molecular weight is 324 g/mol. The van der Waals surface area contributed by atoms with Crippen LogP contribution >= 0.6 is 0 Å². The fourth-order valence-corrected chi connectivity index (χ4v) is 2.94. The van der Waals surface area contributed by atoms with E-state index >= 15 is 0 Å². The van der Waals surface area contributed by atoms with E-state index in [1.807, 2.05) is 0 Å².